The highest BCUT2D eigenvalue weighted by atomic mass is 79.9. The molecule has 1 unspecified atom stereocenters. The summed E-state index contributed by atoms with van der Waals surface area (Å²) < 4.78 is 1.07. The van der Waals surface area contributed by atoms with Crippen LogP contribution >= 0.6 is 27.5 Å². The van der Waals surface area contributed by atoms with E-state index in [0.29, 0.717) is 5.92 Å². The second-order valence-corrected chi connectivity index (χ2v) is 6.54. The van der Waals surface area contributed by atoms with E-state index in [4.69, 9.17) is 11.6 Å². The molecule has 0 aromatic heterocycles. The fraction of sp³-hybridized carbons (Fsp3) is 0.294. The van der Waals surface area contributed by atoms with Gasteiger partial charge in [0, 0.05) is 4.47 Å². The Morgan fingerprint density at radius 2 is 1.53 bits per heavy atom. The van der Waals surface area contributed by atoms with Crippen LogP contribution in [0.1, 0.15) is 47.4 Å². The van der Waals surface area contributed by atoms with Crippen molar-refractivity contribution < 1.29 is 0 Å². The molecule has 0 spiro atoms. The summed E-state index contributed by atoms with van der Waals surface area (Å²) in [6, 6.07) is 14.8. The molecule has 100 valence electrons. The van der Waals surface area contributed by atoms with Crippen molar-refractivity contribution in [1.29, 1.82) is 0 Å². The average molecular weight is 338 g/mol. The molecule has 2 aromatic carbocycles. The maximum atomic E-state index is 6.62. The fourth-order valence-corrected chi connectivity index (χ4v) is 2.87. The van der Waals surface area contributed by atoms with Crippen molar-refractivity contribution >= 4 is 27.5 Å². The van der Waals surface area contributed by atoms with E-state index in [1.165, 1.54) is 11.1 Å². The molecule has 0 aliphatic rings. The first-order valence-electron chi connectivity index (χ1n) is 6.49. The van der Waals surface area contributed by atoms with E-state index in [9.17, 15) is 0 Å². The summed E-state index contributed by atoms with van der Waals surface area (Å²) in [5.74, 6) is 0.551. The lowest BCUT2D eigenvalue weighted by Gasteiger charge is -2.15. The second-order valence-electron chi connectivity index (χ2n) is 5.18. The number of rotatable bonds is 3. The van der Waals surface area contributed by atoms with Crippen LogP contribution < -0.4 is 0 Å². The van der Waals surface area contributed by atoms with E-state index in [0.717, 1.165) is 15.6 Å². The Kier molecular flexibility index (Phi) is 4.70. The van der Waals surface area contributed by atoms with E-state index < -0.39 is 0 Å². The molecule has 2 aromatic rings. The summed E-state index contributed by atoms with van der Waals surface area (Å²) >= 11 is 10.1. The van der Waals surface area contributed by atoms with Gasteiger partial charge in [-0.05, 0) is 47.2 Å². The molecule has 19 heavy (non-hydrogen) atoms. The predicted octanol–water partition coefficient (Wildman–Crippen LogP) is 6.21. The minimum atomic E-state index is -0.0984. The van der Waals surface area contributed by atoms with E-state index in [1.807, 2.05) is 6.07 Å². The van der Waals surface area contributed by atoms with Gasteiger partial charge in [-0.15, -0.1) is 11.6 Å². The number of hydrogen-bond acceptors (Lipinski definition) is 0. The first-order chi connectivity index (χ1) is 8.99. The molecule has 0 fully saturated rings. The number of aryl methyl sites for hydroxylation is 1. The molecule has 0 amide bonds. The molecule has 2 rings (SSSR count). The molecule has 0 nitrogen and oxygen atoms in total. The molecule has 0 saturated carbocycles. The van der Waals surface area contributed by atoms with Crippen LogP contribution in [0, 0.1) is 6.92 Å². The van der Waals surface area contributed by atoms with Crippen LogP contribution in [-0.4, -0.2) is 0 Å². The minimum Gasteiger partial charge on any atom is -0.113 e. The van der Waals surface area contributed by atoms with Gasteiger partial charge in [0.1, 0.15) is 0 Å². The topological polar surface area (TPSA) is 0 Å². The van der Waals surface area contributed by atoms with E-state index >= 15 is 0 Å². The largest absolute Gasteiger partial charge is 0.113 e. The molecule has 2 heteroatoms. The van der Waals surface area contributed by atoms with Gasteiger partial charge in [0.15, 0.2) is 0 Å². The average Bonchev–Trinajstić information content (AvgIpc) is 2.41. The lowest BCUT2D eigenvalue weighted by Crippen LogP contribution is -1.97. The Balaban J connectivity index is 2.33. The lowest BCUT2D eigenvalue weighted by atomic mass is 9.97. The number of alkyl halides is 1. The molecule has 0 N–H and O–H groups in total. The third kappa shape index (κ3) is 3.40. The van der Waals surface area contributed by atoms with Crippen LogP contribution in [0.15, 0.2) is 46.9 Å². The Morgan fingerprint density at radius 3 is 2.11 bits per heavy atom. The Labute approximate surface area is 128 Å². The second kappa shape index (κ2) is 6.11. The monoisotopic (exact) mass is 336 g/mol. The highest BCUT2D eigenvalue weighted by Gasteiger charge is 2.13. The van der Waals surface area contributed by atoms with Crippen LogP contribution in [-0.2, 0) is 0 Å². The Morgan fingerprint density at radius 1 is 0.947 bits per heavy atom. The van der Waals surface area contributed by atoms with Gasteiger partial charge in [-0.2, -0.15) is 0 Å². The fourth-order valence-electron chi connectivity index (χ4n) is 2.11. The normalized spacial score (nSPS) is 12.7. The Bertz CT molecular complexity index is 558. The predicted molar refractivity (Wildman–Crippen MR) is 87.1 cm³/mol. The van der Waals surface area contributed by atoms with Crippen molar-refractivity contribution in [3.8, 4) is 0 Å². The summed E-state index contributed by atoms with van der Waals surface area (Å²) in [6.45, 7) is 6.50. The number of hydrogen-bond donors (Lipinski definition) is 0. The van der Waals surface area contributed by atoms with Crippen molar-refractivity contribution in [3.63, 3.8) is 0 Å². The standard InChI is InChI=1S/C17H18BrCl/c1-11(2)13-5-7-14(8-6-13)17(19)16-10-15(18)9-4-12(16)3/h4-11,17H,1-3H3. The molecule has 0 heterocycles. The zero-order valence-electron chi connectivity index (χ0n) is 11.5. The maximum Gasteiger partial charge on any atom is 0.0838 e. The molecular weight excluding hydrogens is 320 g/mol. The van der Waals surface area contributed by atoms with Crippen LogP contribution in [0.5, 0.6) is 0 Å². The maximum absolute atomic E-state index is 6.62. The van der Waals surface area contributed by atoms with Gasteiger partial charge in [-0.25, -0.2) is 0 Å². The van der Waals surface area contributed by atoms with E-state index in [2.05, 4.69) is 73.1 Å². The first-order valence-corrected chi connectivity index (χ1v) is 7.72. The van der Waals surface area contributed by atoms with Crippen LogP contribution in [0.3, 0.4) is 0 Å². The van der Waals surface area contributed by atoms with Gasteiger partial charge in [0.2, 0.25) is 0 Å². The van der Waals surface area contributed by atoms with E-state index in [-0.39, 0.29) is 5.38 Å². The highest BCUT2D eigenvalue weighted by Crippen LogP contribution is 2.33. The van der Waals surface area contributed by atoms with Gasteiger partial charge in [0.25, 0.3) is 0 Å². The summed E-state index contributed by atoms with van der Waals surface area (Å²) in [6.07, 6.45) is 0. The molecule has 0 bridgehead atoms. The summed E-state index contributed by atoms with van der Waals surface area (Å²) in [5.41, 5.74) is 4.87. The molecule has 0 aliphatic heterocycles. The smallest absolute Gasteiger partial charge is 0.0838 e. The number of halogens is 2. The van der Waals surface area contributed by atoms with Crippen molar-refractivity contribution in [2.45, 2.75) is 32.1 Å². The van der Waals surface area contributed by atoms with Crippen LogP contribution in [0.25, 0.3) is 0 Å². The summed E-state index contributed by atoms with van der Waals surface area (Å²) in [5, 5.41) is -0.0984. The zero-order chi connectivity index (χ0) is 14.0. The van der Waals surface area contributed by atoms with Crippen LogP contribution in [0.2, 0.25) is 0 Å². The third-order valence-corrected chi connectivity index (χ3v) is 4.39. The Hall–Kier alpha value is -0.790. The molecular formula is C17H18BrCl. The molecule has 0 saturated heterocycles. The first kappa shape index (κ1) is 14.6. The van der Waals surface area contributed by atoms with Crippen molar-refractivity contribution in [3.05, 3.63) is 69.2 Å². The van der Waals surface area contributed by atoms with Gasteiger partial charge in [0.05, 0.1) is 5.38 Å². The molecule has 0 aliphatic carbocycles. The van der Waals surface area contributed by atoms with Crippen molar-refractivity contribution in [2.75, 3.05) is 0 Å². The highest BCUT2D eigenvalue weighted by molar-refractivity contribution is 9.10. The number of benzene rings is 2. The SMILES string of the molecule is Cc1ccc(Br)cc1C(Cl)c1ccc(C(C)C)cc1. The van der Waals surface area contributed by atoms with Gasteiger partial charge in [-0.1, -0.05) is 60.1 Å². The van der Waals surface area contributed by atoms with Crippen molar-refractivity contribution in [1.82, 2.24) is 0 Å². The summed E-state index contributed by atoms with van der Waals surface area (Å²) in [4.78, 5) is 0. The van der Waals surface area contributed by atoms with Gasteiger partial charge in [-0.3, -0.25) is 0 Å². The van der Waals surface area contributed by atoms with Gasteiger partial charge >= 0.3 is 0 Å². The van der Waals surface area contributed by atoms with Crippen LogP contribution in [0.4, 0.5) is 0 Å². The van der Waals surface area contributed by atoms with Crippen molar-refractivity contribution in [2.24, 2.45) is 0 Å². The molecule has 0 radical (unpaired) electrons. The zero-order valence-corrected chi connectivity index (χ0v) is 13.8. The van der Waals surface area contributed by atoms with Gasteiger partial charge < -0.3 is 0 Å². The quantitative estimate of drug-likeness (QED) is 0.584. The van der Waals surface area contributed by atoms with E-state index in [1.54, 1.807) is 0 Å². The third-order valence-electron chi connectivity index (χ3n) is 3.41. The minimum absolute atomic E-state index is 0.0984. The lowest BCUT2D eigenvalue weighted by molar-refractivity contribution is 0.865. The summed E-state index contributed by atoms with van der Waals surface area (Å²) in [7, 11) is 0. The molecule has 1 atom stereocenters.